The van der Waals surface area contributed by atoms with Gasteiger partial charge in [0.05, 0.1) is 11.7 Å². The van der Waals surface area contributed by atoms with Crippen LogP contribution in [0.1, 0.15) is 54.3 Å². The van der Waals surface area contributed by atoms with Crippen LogP contribution >= 0.6 is 0 Å². The third kappa shape index (κ3) is 2.60. The highest BCUT2D eigenvalue weighted by Gasteiger charge is 2.35. The first-order chi connectivity index (χ1) is 12.4. The zero-order chi connectivity index (χ0) is 18.5. The average Bonchev–Trinajstić information content (AvgIpc) is 2.63. The molecule has 1 aliphatic carbocycles. The van der Waals surface area contributed by atoms with Crippen LogP contribution in [0, 0.1) is 0 Å². The van der Waals surface area contributed by atoms with Crippen molar-refractivity contribution in [2.75, 3.05) is 0 Å². The topological polar surface area (TPSA) is 57.5 Å². The minimum Gasteiger partial charge on any atom is -0.478 e. The highest BCUT2D eigenvalue weighted by Crippen LogP contribution is 2.47. The van der Waals surface area contributed by atoms with Gasteiger partial charge in [-0.2, -0.15) is 0 Å². The first-order valence-electron chi connectivity index (χ1n) is 8.96. The molecular formula is C23H22O3. The molecule has 3 aromatic carbocycles. The zero-order valence-corrected chi connectivity index (χ0v) is 15.0. The molecule has 4 rings (SSSR count). The monoisotopic (exact) mass is 346 g/mol. The fourth-order valence-corrected chi connectivity index (χ4v) is 4.17. The van der Waals surface area contributed by atoms with Crippen molar-refractivity contribution in [1.82, 2.24) is 0 Å². The van der Waals surface area contributed by atoms with E-state index in [0.717, 1.165) is 33.9 Å². The number of hydrogen-bond acceptors (Lipinski definition) is 2. The molecular weight excluding hydrogens is 324 g/mol. The number of rotatable bonds is 2. The van der Waals surface area contributed by atoms with Crippen LogP contribution in [-0.2, 0) is 5.41 Å². The Morgan fingerprint density at radius 2 is 1.77 bits per heavy atom. The number of benzene rings is 3. The number of aromatic carboxylic acids is 1. The summed E-state index contributed by atoms with van der Waals surface area (Å²) in [5.41, 5.74) is 3.48. The summed E-state index contributed by atoms with van der Waals surface area (Å²) in [4.78, 5) is 11.9. The lowest BCUT2D eigenvalue weighted by molar-refractivity contribution is 0.0697. The van der Waals surface area contributed by atoms with Gasteiger partial charge in [-0.3, -0.25) is 0 Å². The number of aliphatic hydroxyl groups is 1. The molecule has 2 N–H and O–H groups in total. The molecule has 0 saturated heterocycles. The summed E-state index contributed by atoms with van der Waals surface area (Å²) >= 11 is 0. The van der Waals surface area contributed by atoms with Crippen LogP contribution in [0.25, 0.3) is 21.9 Å². The second-order valence-electron chi connectivity index (χ2n) is 7.75. The predicted octanol–water partition coefficient (Wildman–Crippen LogP) is 5.31. The van der Waals surface area contributed by atoms with E-state index in [1.807, 2.05) is 48.5 Å². The Morgan fingerprint density at radius 1 is 1.04 bits per heavy atom. The zero-order valence-electron chi connectivity index (χ0n) is 15.0. The highest BCUT2D eigenvalue weighted by molar-refractivity contribution is 5.99. The van der Waals surface area contributed by atoms with Crippen LogP contribution in [0.2, 0.25) is 0 Å². The molecule has 3 nitrogen and oxygen atoms in total. The third-order valence-corrected chi connectivity index (χ3v) is 5.62. The van der Waals surface area contributed by atoms with Crippen LogP contribution in [0.3, 0.4) is 0 Å². The van der Waals surface area contributed by atoms with Crippen molar-refractivity contribution in [3.8, 4) is 11.1 Å². The highest BCUT2D eigenvalue weighted by atomic mass is 16.4. The van der Waals surface area contributed by atoms with Crippen LogP contribution in [0.15, 0.2) is 54.6 Å². The summed E-state index contributed by atoms with van der Waals surface area (Å²) in [6.07, 6.45) is 0.882. The van der Waals surface area contributed by atoms with E-state index < -0.39 is 12.1 Å². The van der Waals surface area contributed by atoms with Gasteiger partial charge in [-0.05, 0) is 57.9 Å². The standard InChI is InChI=1S/C23H22O3/c1-23(2)12-11-19(24)21-18(23)10-9-17(22(25)26)20(21)16-8-7-14-5-3-4-6-15(14)13-16/h3-10,13,19,24H,11-12H2,1-2H3,(H,25,26). The number of hydrogen-bond donors (Lipinski definition) is 2. The molecule has 26 heavy (non-hydrogen) atoms. The van der Waals surface area contributed by atoms with Gasteiger partial charge in [0.1, 0.15) is 0 Å². The van der Waals surface area contributed by atoms with E-state index in [2.05, 4.69) is 13.8 Å². The van der Waals surface area contributed by atoms with E-state index >= 15 is 0 Å². The van der Waals surface area contributed by atoms with Crippen molar-refractivity contribution < 1.29 is 15.0 Å². The molecule has 1 aliphatic rings. The summed E-state index contributed by atoms with van der Waals surface area (Å²) < 4.78 is 0. The lowest BCUT2D eigenvalue weighted by Crippen LogP contribution is -2.27. The number of aliphatic hydroxyl groups excluding tert-OH is 1. The summed E-state index contributed by atoms with van der Waals surface area (Å²) in [6.45, 7) is 4.31. The molecule has 0 amide bonds. The SMILES string of the molecule is CC1(C)CCC(O)c2c1ccc(C(=O)O)c2-c1ccc2ccccc2c1. The Morgan fingerprint density at radius 3 is 2.50 bits per heavy atom. The van der Waals surface area contributed by atoms with Crippen LogP contribution < -0.4 is 0 Å². The molecule has 0 bridgehead atoms. The summed E-state index contributed by atoms with van der Waals surface area (Å²) in [5, 5.41) is 22.7. The Bertz CT molecular complexity index is 1020. The quantitative estimate of drug-likeness (QED) is 0.661. The number of carbonyl (C=O) groups is 1. The van der Waals surface area contributed by atoms with Gasteiger partial charge in [0, 0.05) is 5.56 Å². The molecule has 0 spiro atoms. The first kappa shape index (κ1) is 16.8. The van der Waals surface area contributed by atoms with Crippen LogP contribution in [0.5, 0.6) is 0 Å². The van der Waals surface area contributed by atoms with Crippen molar-refractivity contribution in [3.05, 3.63) is 71.3 Å². The first-order valence-corrected chi connectivity index (χ1v) is 8.96. The summed E-state index contributed by atoms with van der Waals surface area (Å²) in [6, 6.07) is 17.6. The van der Waals surface area contributed by atoms with Gasteiger partial charge >= 0.3 is 5.97 Å². The minimum absolute atomic E-state index is 0.0861. The lowest BCUT2D eigenvalue weighted by atomic mass is 9.69. The normalized spacial score (nSPS) is 18.5. The fourth-order valence-electron chi connectivity index (χ4n) is 4.17. The molecule has 1 atom stereocenters. The number of fused-ring (bicyclic) bond motifs is 2. The minimum atomic E-state index is -0.966. The van der Waals surface area contributed by atoms with Crippen LogP contribution in [0.4, 0.5) is 0 Å². The predicted molar refractivity (Wildman–Crippen MR) is 104 cm³/mol. The Kier molecular flexibility index (Phi) is 3.85. The summed E-state index contributed by atoms with van der Waals surface area (Å²) in [5.74, 6) is -0.966. The van der Waals surface area contributed by atoms with Gasteiger partial charge in [-0.25, -0.2) is 4.79 Å². The molecule has 132 valence electrons. The molecule has 3 heteroatoms. The van der Waals surface area contributed by atoms with Gasteiger partial charge in [-0.15, -0.1) is 0 Å². The van der Waals surface area contributed by atoms with E-state index in [4.69, 9.17) is 0 Å². The molecule has 0 aliphatic heterocycles. The number of carboxylic acid groups (broad SMARTS) is 1. The Hall–Kier alpha value is -2.65. The Balaban J connectivity index is 2.06. The molecule has 0 saturated carbocycles. The van der Waals surface area contributed by atoms with E-state index in [9.17, 15) is 15.0 Å². The number of carboxylic acids is 1. The fraction of sp³-hybridized carbons (Fsp3) is 0.261. The molecule has 0 radical (unpaired) electrons. The van der Waals surface area contributed by atoms with Gasteiger partial charge in [-0.1, -0.05) is 56.3 Å². The lowest BCUT2D eigenvalue weighted by Gasteiger charge is -2.37. The van der Waals surface area contributed by atoms with E-state index in [-0.39, 0.29) is 11.0 Å². The maximum atomic E-state index is 11.9. The van der Waals surface area contributed by atoms with Crippen molar-refractivity contribution in [1.29, 1.82) is 0 Å². The van der Waals surface area contributed by atoms with E-state index in [0.29, 0.717) is 12.0 Å². The second-order valence-corrected chi connectivity index (χ2v) is 7.75. The maximum absolute atomic E-state index is 11.9. The smallest absolute Gasteiger partial charge is 0.336 e. The summed E-state index contributed by atoms with van der Waals surface area (Å²) in [7, 11) is 0. The third-order valence-electron chi connectivity index (χ3n) is 5.62. The second kappa shape index (κ2) is 5.96. The van der Waals surface area contributed by atoms with Crippen molar-refractivity contribution >= 4 is 16.7 Å². The molecule has 0 fully saturated rings. The van der Waals surface area contributed by atoms with E-state index in [1.165, 1.54) is 0 Å². The van der Waals surface area contributed by atoms with Crippen molar-refractivity contribution in [2.45, 2.75) is 38.2 Å². The molecule has 3 aromatic rings. The van der Waals surface area contributed by atoms with Gasteiger partial charge in [0.2, 0.25) is 0 Å². The Labute approximate surface area is 152 Å². The van der Waals surface area contributed by atoms with Gasteiger partial charge < -0.3 is 10.2 Å². The maximum Gasteiger partial charge on any atom is 0.336 e. The molecule has 1 unspecified atom stereocenters. The largest absolute Gasteiger partial charge is 0.478 e. The molecule has 0 aromatic heterocycles. The average molecular weight is 346 g/mol. The molecule has 0 heterocycles. The van der Waals surface area contributed by atoms with Crippen LogP contribution in [-0.4, -0.2) is 16.2 Å². The van der Waals surface area contributed by atoms with Crippen molar-refractivity contribution in [3.63, 3.8) is 0 Å². The van der Waals surface area contributed by atoms with Gasteiger partial charge in [0.15, 0.2) is 0 Å². The van der Waals surface area contributed by atoms with Crippen molar-refractivity contribution in [2.24, 2.45) is 0 Å². The van der Waals surface area contributed by atoms with E-state index in [1.54, 1.807) is 6.07 Å². The van der Waals surface area contributed by atoms with Gasteiger partial charge in [0.25, 0.3) is 0 Å².